The maximum absolute atomic E-state index is 13.4. The highest BCUT2D eigenvalue weighted by molar-refractivity contribution is 7.16. The molecule has 7 heteroatoms. The second-order valence-corrected chi connectivity index (χ2v) is 8.01. The zero-order valence-corrected chi connectivity index (χ0v) is 16.4. The summed E-state index contributed by atoms with van der Waals surface area (Å²) in [6, 6.07) is 9.42. The number of carbonyl (C=O) groups is 1. The van der Waals surface area contributed by atoms with Crippen LogP contribution in [0.2, 0.25) is 0 Å². The Balaban J connectivity index is 1.48. The van der Waals surface area contributed by atoms with Gasteiger partial charge < -0.3 is 9.32 Å². The summed E-state index contributed by atoms with van der Waals surface area (Å²) >= 11 is 1.54. The number of carbonyl (C=O) groups excluding carboxylic acids is 1. The van der Waals surface area contributed by atoms with Crippen LogP contribution in [0.5, 0.6) is 0 Å². The number of rotatable bonds is 5. The van der Waals surface area contributed by atoms with Crippen LogP contribution in [-0.2, 0) is 33.0 Å². The van der Waals surface area contributed by atoms with Crippen LogP contribution in [0.1, 0.15) is 39.5 Å². The molecule has 0 N–H and O–H groups in total. The highest BCUT2D eigenvalue weighted by Gasteiger charge is 2.25. The Bertz CT molecular complexity index is 1140. The van der Waals surface area contributed by atoms with E-state index in [1.54, 1.807) is 23.1 Å². The van der Waals surface area contributed by atoms with E-state index in [1.807, 2.05) is 47.0 Å². The number of fused-ring (bicyclic) bond motifs is 2. The van der Waals surface area contributed by atoms with E-state index in [1.165, 1.54) is 11.3 Å². The molecule has 0 saturated heterocycles. The molecule has 5 rings (SSSR count). The van der Waals surface area contributed by atoms with Gasteiger partial charge in [0.05, 0.1) is 40.8 Å². The minimum absolute atomic E-state index is 0.0240. The first-order chi connectivity index (χ1) is 13.7. The van der Waals surface area contributed by atoms with E-state index in [9.17, 15) is 4.79 Å². The second-order valence-electron chi connectivity index (χ2n) is 7.12. The molecule has 1 aromatic carbocycles. The van der Waals surface area contributed by atoms with Crippen LogP contribution < -0.4 is 0 Å². The van der Waals surface area contributed by atoms with Crippen LogP contribution >= 0.6 is 11.3 Å². The fourth-order valence-electron chi connectivity index (χ4n) is 3.97. The summed E-state index contributed by atoms with van der Waals surface area (Å²) < 4.78 is 8.50. The summed E-state index contributed by atoms with van der Waals surface area (Å²) in [7, 11) is 1.99. The van der Waals surface area contributed by atoms with E-state index in [0.717, 1.165) is 40.9 Å². The molecule has 0 radical (unpaired) electrons. The lowest BCUT2D eigenvalue weighted by Crippen LogP contribution is -2.30. The van der Waals surface area contributed by atoms with Gasteiger partial charge in [-0.25, -0.2) is 4.98 Å². The molecule has 28 heavy (non-hydrogen) atoms. The van der Waals surface area contributed by atoms with Crippen LogP contribution in [0.25, 0.3) is 10.2 Å². The number of amides is 1. The van der Waals surface area contributed by atoms with Crippen molar-refractivity contribution in [1.29, 1.82) is 0 Å². The van der Waals surface area contributed by atoms with E-state index >= 15 is 0 Å². The molecule has 1 aliphatic carbocycles. The van der Waals surface area contributed by atoms with Crippen molar-refractivity contribution in [2.45, 2.75) is 32.4 Å². The SMILES string of the molecule is Cn1nc(CN(Cc2ccco2)C(=O)c2ccc3ncsc3c2)c2c1CCC2. The third kappa shape index (κ3) is 3.01. The molecule has 0 fully saturated rings. The van der Waals surface area contributed by atoms with E-state index in [-0.39, 0.29) is 5.91 Å². The van der Waals surface area contributed by atoms with Crippen molar-refractivity contribution in [3.8, 4) is 0 Å². The Kier molecular flexibility index (Phi) is 4.24. The average Bonchev–Trinajstić information content (AvgIpc) is 3.48. The van der Waals surface area contributed by atoms with Crippen molar-refractivity contribution in [3.05, 3.63) is 70.4 Å². The van der Waals surface area contributed by atoms with Gasteiger partial charge in [-0.15, -0.1) is 11.3 Å². The molecule has 4 aromatic rings. The normalized spacial score (nSPS) is 13.2. The number of aromatic nitrogens is 3. The van der Waals surface area contributed by atoms with Crippen molar-refractivity contribution < 1.29 is 9.21 Å². The summed E-state index contributed by atoms with van der Waals surface area (Å²) in [5.74, 6) is 0.740. The first-order valence-corrected chi connectivity index (χ1v) is 10.3. The number of hydrogen-bond donors (Lipinski definition) is 0. The fourth-order valence-corrected chi connectivity index (χ4v) is 4.68. The fraction of sp³-hybridized carbons (Fsp3) is 0.286. The van der Waals surface area contributed by atoms with Crippen LogP contribution in [-0.4, -0.2) is 25.6 Å². The summed E-state index contributed by atoms with van der Waals surface area (Å²) in [6.45, 7) is 0.890. The molecule has 0 bridgehead atoms. The van der Waals surface area contributed by atoms with Gasteiger partial charge in [0.25, 0.3) is 5.91 Å². The highest BCUT2D eigenvalue weighted by atomic mass is 32.1. The van der Waals surface area contributed by atoms with Gasteiger partial charge in [-0.05, 0) is 55.2 Å². The maximum atomic E-state index is 13.4. The molecule has 1 amide bonds. The minimum Gasteiger partial charge on any atom is -0.467 e. The standard InChI is InChI=1S/C21H20N4O2S/c1-24-19-6-2-5-16(19)18(23-24)12-25(11-15-4-3-9-27-15)21(26)14-7-8-17-20(10-14)28-13-22-17/h3-4,7-10,13H,2,5-6,11-12H2,1H3. The topological polar surface area (TPSA) is 64.2 Å². The number of furan rings is 1. The zero-order chi connectivity index (χ0) is 19.1. The summed E-state index contributed by atoms with van der Waals surface area (Å²) in [5, 5.41) is 4.70. The molecule has 0 unspecified atom stereocenters. The smallest absolute Gasteiger partial charge is 0.254 e. The van der Waals surface area contributed by atoms with Crippen LogP contribution in [0.4, 0.5) is 0 Å². The predicted molar refractivity (Wildman–Crippen MR) is 107 cm³/mol. The van der Waals surface area contributed by atoms with Gasteiger partial charge in [0.1, 0.15) is 5.76 Å². The van der Waals surface area contributed by atoms with Crippen molar-refractivity contribution in [3.63, 3.8) is 0 Å². The molecule has 0 atom stereocenters. The Morgan fingerprint density at radius 3 is 3.07 bits per heavy atom. The summed E-state index contributed by atoms with van der Waals surface area (Å²) in [4.78, 5) is 19.5. The Morgan fingerprint density at radius 2 is 2.21 bits per heavy atom. The van der Waals surface area contributed by atoms with Crippen molar-refractivity contribution in [2.75, 3.05) is 0 Å². The van der Waals surface area contributed by atoms with Crippen LogP contribution in [0.15, 0.2) is 46.5 Å². The second kappa shape index (κ2) is 6.91. The number of benzene rings is 1. The van der Waals surface area contributed by atoms with Crippen molar-refractivity contribution >= 4 is 27.5 Å². The monoisotopic (exact) mass is 392 g/mol. The van der Waals surface area contributed by atoms with Gasteiger partial charge in [-0.2, -0.15) is 5.10 Å². The molecule has 0 saturated carbocycles. The van der Waals surface area contributed by atoms with E-state index in [4.69, 9.17) is 9.52 Å². The maximum Gasteiger partial charge on any atom is 0.254 e. The van der Waals surface area contributed by atoms with Gasteiger partial charge in [0.15, 0.2) is 0 Å². The quantitative estimate of drug-likeness (QED) is 0.516. The lowest BCUT2D eigenvalue weighted by Gasteiger charge is -2.21. The molecule has 0 spiro atoms. The van der Waals surface area contributed by atoms with E-state index in [0.29, 0.717) is 18.7 Å². The number of nitrogens with zero attached hydrogens (tertiary/aromatic N) is 4. The predicted octanol–water partition coefficient (Wildman–Crippen LogP) is 3.95. The largest absolute Gasteiger partial charge is 0.467 e. The molecular weight excluding hydrogens is 372 g/mol. The van der Waals surface area contributed by atoms with Crippen LogP contribution in [0, 0.1) is 0 Å². The molecule has 1 aliphatic rings. The Hall–Kier alpha value is -2.93. The first-order valence-electron chi connectivity index (χ1n) is 9.37. The summed E-state index contributed by atoms with van der Waals surface area (Å²) in [6.07, 6.45) is 4.89. The third-order valence-corrected chi connectivity index (χ3v) is 6.12. The average molecular weight is 392 g/mol. The van der Waals surface area contributed by atoms with Gasteiger partial charge in [0.2, 0.25) is 0 Å². The molecule has 6 nitrogen and oxygen atoms in total. The number of aryl methyl sites for hydroxylation is 1. The summed E-state index contributed by atoms with van der Waals surface area (Å²) in [5.41, 5.74) is 6.98. The van der Waals surface area contributed by atoms with Gasteiger partial charge in [-0.3, -0.25) is 9.48 Å². The van der Waals surface area contributed by atoms with Gasteiger partial charge in [0, 0.05) is 18.3 Å². The van der Waals surface area contributed by atoms with E-state index in [2.05, 4.69) is 4.98 Å². The number of hydrogen-bond acceptors (Lipinski definition) is 5. The van der Waals surface area contributed by atoms with Crippen LogP contribution in [0.3, 0.4) is 0 Å². The van der Waals surface area contributed by atoms with Gasteiger partial charge in [-0.1, -0.05) is 0 Å². The van der Waals surface area contributed by atoms with E-state index < -0.39 is 0 Å². The number of thiazole rings is 1. The Labute approximate surface area is 166 Å². The lowest BCUT2D eigenvalue weighted by atomic mass is 10.1. The van der Waals surface area contributed by atoms with Crippen molar-refractivity contribution in [1.82, 2.24) is 19.7 Å². The Morgan fingerprint density at radius 1 is 1.29 bits per heavy atom. The van der Waals surface area contributed by atoms with Gasteiger partial charge >= 0.3 is 0 Å². The highest BCUT2D eigenvalue weighted by Crippen LogP contribution is 2.27. The molecule has 0 aliphatic heterocycles. The lowest BCUT2D eigenvalue weighted by molar-refractivity contribution is 0.0715. The minimum atomic E-state index is -0.0240. The molecule has 142 valence electrons. The first kappa shape index (κ1) is 17.2. The third-order valence-electron chi connectivity index (χ3n) is 5.33. The zero-order valence-electron chi connectivity index (χ0n) is 15.6. The van der Waals surface area contributed by atoms with Crippen molar-refractivity contribution in [2.24, 2.45) is 7.05 Å². The molecule has 3 heterocycles. The molecule has 3 aromatic heterocycles. The molecular formula is C21H20N4O2S.